The lowest BCUT2D eigenvalue weighted by atomic mass is 9.81. The lowest BCUT2D eigenvalue weighted by Crippen LogP contribution is -2.24. The largest absolute Gasteiger partial charge is 0.507 e. The number of hydrogen-bond acceptors (Lipinski definition) is 7. The van der Waals surface area contributed by atoms with Crippen LogP contribution in [0.2, 0.25) is 0 Å². The number of anilines is 2. The summed E-state index contributed by atoms with van der Waals surface area (Å²) in [4.78, 5) is 25.8. The Kier molecular flexibility index (Phi) is 3.86. The average Bonchev–Trinajstić information content (AvgIpc) is 2.58. The molecule has 0 unspecified atom stereocenters. The second-order valence-corrected chi connectivity index (χ2v) is 5.32. The molecule has 0 aliphatic heterocycles. The molecule has 0 saturated heterocycles. The first-order valence-electron chi connectivity index (χ1n) is 7.35. The Labute approximate surface area is 137 Å². The predicted octanol–water partition coefficient (Wildman–Crippen LogP) is 1.32. The third kappa shape index (κ3) is 2.17. The maximum absolute atomic E-state index is 12.9. The monoisotopic (exact) mass is 328 g/mol. The van der Waals surface area contributed by atoms with E-state index in [0.717, 1.165) is 0 Å². The molecule has 24 heavy (non-hydrogen) atoms. The van der Waals surface area contributed by atoms with Gasteiger partial charge in [0, 0.05) is 25.0 Å². The summed E-state index contributed by atoms with van der Waals surface area (Å²) in [5.74, 6) is -1.84. The highest BCUT2D eigenvalue weighted by atomic mass is 16.3. The lowest BCUT2D eigenvalue weighted by Gasteiger charge is -2.24. The minimum atomic E-state index is -0.564. The molecule has 5 N–H and O–H groups in total. The number of rotatable bonds is 4. The molecule has 2 aromatic rings. The molecule has 3 rings (SSSR count). The van der Waals surface area contributed by atoms with Gasteiger partial charge >= 0.3 is 0 Å². The number of phenolic OH excluding ortho intramolecular Hbond substituents is 2. The zero-order valence-corrected chi connectivity index (χ0v) is 12.9. The topological polar surface area (TPSA) is 119 Å². The summed E-state index contributed by atoms with van der Waals surface area (Å²) in [6, 6.07) is 5.61. The van der Waals surface area contributed by atoms with Gasteiger partial charge in [0.2, 0.25) is 11.6 Å². The molecule has 0 aromatic heterocycles. The molecule has 7 nitrogen and oxygen atoms in total. The molecular formula is C17H16N2O5. The number of benzene rings is 2. The molecule has 0 spiro atoms. The van der Waals surface area contributed by atoms with Crippen LogP contribution in [0.25, 0.3) is 0 Å². The van der Waals surface area contributed by atoms with Gasteiger partial charge in [-0.3, -0.25) is 9.59 Å². The Balaban J connectivity index is 2.32. The molecule has 2 aromatic carbocycles. The van der Waals surface area contributed by atoms with Crippen molar-refractivity contribution in [3.8, 4) is 11.5 Å². The first-order chi connectivity index (χ1) is 11.5. The van der Waals surface area contributed by atoms with Gasteiger partial charge in [-0.2, -0.15) is 0 Å². The van der Waals surface area contributed by atoms with E-state index in [4.69, 9.17) is 5.11 Å². The summed E-state index contributed by atoms with van der Waals surface area (Å²) in [5.41, 5.74) is 0.625. The quantitative estimate of drug-likeness (QED) is 0.458. The fourth-order valence-corrected chi connectivity index (χ4v) is 2.91. The fourth-order valence-electron chi connectivity index (χ4n) is 2.91. The summed E-state index contributed by atoms with van der Waals surface area (Å²) in [5, 5.41) is 34.8. The van der Waals surface area contributed by atoms with Crippen LogP contribution in [0, 0.1) is 0 Å². The highest BCUT2D eigenvalue weighted by molar-refractivity contribution is 6.33. The minimum absolute atomic E-state index is 0.105. The van der Waals surface area contributed by atoms with Crippen molar-refractivity contribution in [2.24, 2.45) is 0 Å². The number of carbonyl (C=O) groups is 2. The molecule has 1 aliphatic carbocycles. The first-order valence-corrected chi connectivity index (χ1v) is 7.35. The van der Waals surface area contributed by atoms with Gasteiger partial charge in [0.25, 0.3) is 0 Å². The van der Waals surface area contributed by atoms with Crippen molar-refractivity contribution in [2.75, 3.05) is 30.8 Å². The molecule has 7 heteroatoms. The van der Waals surface area contributed by atoms with E-state index >= 15 is 0 Å². The molecule has 0 amide bonds. The van der Waals surface area contributed by atoms with Gasteiger partial charge in [0.1, 0.15) is 11.5 Å². The number of carbonyl (C=O) groups excluding carboxylic acids is 2. The van der Waals surface area contributed by atoms with Crippen molar-refractivity contribution in [3.05, 3.63) is 46.5 Å². The molecular weight excluding hydrogens is 312 g/mol. The molecule has 0 radical (unpaired) electrons. The van der Waals surface area contributed by atoms with Gasteiger partial charge in [-0.15, -0.1) is 0 Å². The summed E-state index contributed by atoms with van der Waals surface area (Å²) >= 11 is 0. The van der Waals surface area contributed by atoms with E-state index in [2.05, 4.69) is 10.6 Å². The standard InChI is InChI=1S/C17H16N2O5/c1-18-8-2-3-9(19-6-7-20)13-12(8)16(23)14-10(21)4-5-11(22)15(14)17(13)24/h2-5,18-22H,6-7H2,1H3. The smallest absolute Gasteiger partial charge is 0.200 e. The van der Waals surface area contributed by atoms with Crippen LogP contribution in [-0.2, 0) is 0 Å². The maximum atomic E-state index is 12.9. The van der Waals surface area contributed by atoms with Gasteiger partial charge < -0.3 is 26.0 Å². The number of hydrogen-bond donors (Lipinski definition) is 5. The van der Waals surface area contributed by atoms with E-state index in [1.165, 1.54) is 12.1 Å². The van der Waals surface area contributed by atoms with Crippen LogP contribution in [0.4, 0.5) is 11.4 Å². The Bertz CT molecular complexity index is 861. The highest BCUT2D eigenvalue weighted by Gasteiger charge is 2.37. The van der Waals surface area contributed by atoms with Crippen molar-refractivity contribution in [1.82, 2.24) is 0 Å². The SMILES string of the molecule is CNc1ccc(NCCO)c2c1C(=O)c1c(O)ccc(O)c1C2=O. The number of nitrogens with one attached hydrogen (secondary N) is 2. The summed E-state index contributed by atoms with van der Waals surface area (Å²) in [6.07, 6.45) is 0. The molecule has 0 atom stereocenters. The number of aromatic hydroxyl groups is 2. The van der Waals surface area contributed by atoms with Crippen molar-refractivity contribution >= 4 is 22.9 Å². The lowest BCUT2D eigenvalue weighted by molar-refractivity contribution is 0.0975. The van der Waals surface area contributed by atoms with Crippen LogP contribution in [0.5, 0.6) is 11.5 Å². The van der Waals surface area contributed by atoms with Gasteiger partial charge in [0.05, 0.1) is 28.9 Å². The third-order valence-electron chi connectivity index (χ3n) is 3.97. The van der Waals surface area contributed by atoms with Gasteiger partial charge in [0.15, 0.2) is 0 Å². The van der Waals surface area contributed by atoms with Crippen molar-refractivity contribution < 1.29 is 24.9 Å². The van der Waals surface area contributed by atoms with E-state index in [1.807, 2.05) is 0 Å². The molecule has 0 saturated carbocycles. The van der Waals surface area contributed by atoms with Gasteiger partial charge in [-0.25, -0.2) is 0 Å². The average molecular weight is 328 g/mol. The van der Waals surface area contributed by atoms with Crippen LogP contribution >= 0.6 is 0 Å². The van der Waals surface area contributed by atoms with Gasteiger partial charge in [-0.1, -0.05) is 0 Å². The maximum Gasteiger partial charge on any atom is 0.200 e. The minimum Gasteiger partial charge on any atom is -0.507 e. The Hall–Kier alpha value is -3.06. The number of aliphatic hydroxyl groups excluding tert-OH is 1. The summed E-state index contributed by atoms with van der Waals surface area (Å²) in [7, 11) is 1.62. The van der Waals surface area contributed by atoms with Crippen LogP contribution in [0.3, 0.4) is 0 Å². The summed E-state index contributed by atoms with van der Waals surface area (Å²) < 4.78 is 0. The van der Waals surface area contributed by atoms with Crippen molar-refractivity contribution in [2.45, 2.75) is 0 Å². The predicted molar refractivity (Wildman–Crippen MR) is 88.2 cm³/mol. The second-order valence-electron chi connectivity index (χ2n) is 5.32. The Morgan fingerprint density at radius 2 is 1.33 bits per heavy atom. The van der Waals surface area contributed by atoms with Crippen LogP contribution < -0.4 is 10.6 Å². The molecule has 0 bridgehead atoms. The molecule has 124 valence electrons. The van der Waals surface area contributed by atoms with E-state index in [0.29, 0.717) is 11.4 Å². The van der Waals surface area contributed by atoms with E-state index in [-0.39, 0.29) is 46.9 Å². The van der Waals surface area contributed by atoms with Crippen LogP contribution in [-0.4, -0.2) is 47.1 Å². The Morgan fingerprint density at radius 1 is 0.833 bits per heavy atom. The normalized spacial score (nSPS) is 12.6. The van der Waals surface area contributed by atoms with E-state index < -0.39 is 11.6 Å². The van der Waals surface area contributed by atoms with E-state index in [1.54, 1.807) is 19.2 Å². The van der Waals surface area contributed by atoms with Gasteiger partial charge in [-0.05, 0) is 24.3 Å². The van der Waals surface area contributed by atoms with E-state index in [9.17, 15) is 19.8 Å². The number of aliphatic hydroxyl groups is 1. The zero-order chi connectivity index (χ0) is 17.4. The number of phenols is 2. The molecule has 0 heterocycles. The van der Waals surface area contributed by atoms with Crippen molar-refractivity contribution in [1.29, 1.82) is 0 Å². The van der Waals surface area contributed by atoms with Crippen molar-refractivity contribution in [3.63, 3.8) is 0 Å². The zero-order valence-electron chi connectivity index (χ0n) is 12.9. The number of ketones is 2. The number of fused-ring (bicyclic) bond motifs is 2. The fraction of sp³-hybridized carbons (Fsp3) is 0.176. The first kappa shape index (κ1) is 15.8. The second kappa shape index (κ2) is 5.86. The Morgan fingerprint density at radius 3 is 1.83 bits per heavy atom. The third-order valence-corrected chi connectivity index (χ3v) is 3.97. The van der Waals surface area contributed by atoms with Crippen LogP contribution in [0.15, 0.2) is 24.3 Å². The molecule has 0 fully saturated rings. The summed E-state index contributed by atoms with van der Waals surface area (Å²) in [6.45, 7) is 0.0546. The highest BCUT2D eigenvalue weighted by Crippen LogP contribution is 2.42. The molecule has 1 aliphatic rings. The van der Waals surface area contributed by atoms with Crippen LogP contribution in [0.1, 0.15) is 31.8 Å².